The number of aryl methyl sites for hydroxylation is 2. The summed E-state index contributed by atoms with van der Waals surface area (Å²) in [5.41, 5.74) is 2.03. The first-order valence-corrected chi connectivity index (χ1v) is 9.50. The molecular formula is C19H20N4O2S. The van der Waals surface area contributed by atoms with E-state index >= 15 is 0 Å². The number of nitrogens with zero attached hydrogens (tertiary/aromatic N) is 3. The van der Waals surface area contributed by atoms with Gasteiger partial charge in [-0.2, -0.15) is 0 Å². The van der Waals surface area contributed by atoms with Gasteiger partial charge in [-0.25, -0.2) is 9.97 Å². The molecule has 3 heterocycles. The number of carbonyl (C=O) groups excluding carboxylic acids is 1. The van der Waals surface area contributed by atoms with E-state index < -0.39 is 0 Å². The maximum absolute atomic E-state index is 12.2. The van der Waals surface area contributed by atoms with Crippen molar-refractivity contribution < 1.29 is 9.53 Å². The van der Waals surface area contributed by atoms with Crippen molar-refractivity contribution in [3.05, 3.63) is 41.0 Å². The number of rotatable bonds is 5. The number of hydrogen-bond acceptors (Lipinski definition) is 6. The normalized spacial score (nSPS) is 13.6. The molecule has 4 rings (SSSR count). The molecule has 1 aromatic carbocycles. The highest BCUT2D eigenvalue weighted by molar-refractivity contribution is 7.17. The molecular weight excluding hydrogens is 348 g/mol. The van der Waals surface area contributed by atoms with Crippen molar-refractivity contribution in [1.29, 1.82) is 0 Å². The highest BCUT2D eigenvalue weighted by Gasteiger charge is 2.24. The van der Waals surface area contributed by atoms with Crippen LogP contribution in [0.4, 0.5) is 11.5 Å². The fourth-order valence-electron chi connectivity index (χ4n) is 3.16. The molecule has 1 N–H and O–H groups in total. The first-order valence-electron chi connectivity index (χ1n) is 8.62. The van der Waals surface area contributed by atoms with Crippen LogP contribution >= 0.6 is 11.3 Å². The van der Waals surface area contributed by atoms with E-state index in [-0.39, 0.29) is 12.5 Å². The minimum atomic E-state index is -0.00218. The zero-order valence-electron chi connectivity index (χ0n) is 14.8. The predicted molar refractivity (Wildman–Crippen MR) is 104 cm³/mol. The molecule has 0 radical (unpaired) electrons. The van der Waals surface area contributed by atoms with Crippen molar-refractivity contribution in [2.24, 2.45) is 0 Å². The van der Waals surface area contributed by atoms with Crippen LogP contribution in [0.5, 0.6) is 5.75 Å². The van der Waals surface area contributed by atoms with Crippen LogP contribution in [0.25, 0.3) is 10.2 Å². The van der Waals surface area contributed by atoms with Gasteiger partial charge >= 0.3 is 0 Å². The molecule has 0 unspecified atom stereocenters. The molecule has 0 spiro atoms. The van der Waals surface area contributed by atoms with Gasteiger partial charge < -0.3 is 15.0 Å². The second-order valence-electron chi connectivity index (χ2n) is 6.30. The van der Waals surface area contributed by atoms with Crippen molar-refractivity contribution in [2.75, 3.05) is 29.9 Å². The van der Waals surface area contributed by atoms with Gasteiger partial charge in [0.15, 0.2) is 6.61 Å². The number of amides is 1. The van der Waals surface area contributed by atoms with E-state index in [1.165, 1.54) is 5.56 Å². The molecule has 3 aromatic rings. The van der Waals surface area contributed by atoms with E-state index in [1.54, 1.807) is 16.2 Å². The lowest BCUT2D eigenvalue weighted by Crippen LogP contribution is -2.39. The van der Waals surface area contributed by atoms with E-state index in [4.69, 9.17) is 4.74 Å². The molecule has 0 bridgehead atoms. The number of anilines is 2. The van der Waals surface area contributed by atoms with E-state index in [1.807, 2.05) is 31.2 Å². The Hall–Kier alpha value is -2.67. The number of aromatic nitrogens is 2. The van der Waals surface area contributed by atoms with Crippen molar-refractivity contribution in [2.45, 2.75) is 20.3 Å². The smallest absolute Gasteiger partial charge is 0.265 e. The number of hydrogen-bond donors (Lipinski definition) is 1. The Labute approximate surface area is 155 Å². The average Bonchev–Trinajstić information content (AvgIpc) is 3.00. The van der Waals surface area contributed by atoms with E-state index in [9.17, 15) is 4.79 Å². The Balaban J connectivity index is 1.44. The van der Waals surface area contributed by atoms with Crippen LogP contribution in [0.15, 0.2) is 29.6 Å². The van der Waals surface area contributed by atoms with Crippen LogP contribution in [-0.4, -0.2) is 35.6 Å². The van der Waals surface area contributed by atoms with Crippen LogP contribution in [0.1, 0.15) is 17.8 Å². The monoisotopic (exact) mass is 368 g/mol. The van der Waals surface area contributed by atoms with E-state index in [2.05, 4.69) is 27.6 Å². The summed E-state index contributed by atoms with van der Waals surface area (Å²) in [5.74, 6) is 2.40. The summed E-state index contributed by atoms with van der Waals surface area (Å²) in [4.78, 5) is 24.1. The standard InChI is InChI=1S/C19H20N4O2S/c1-12-11-26-19-17(12)18(21-13(2)22-19)20-8-5-9-23-14-6-3-4-7-15(14)25-10-16(23)24/h3-4,6-7,11H,5,8-10H2,1-2H3,(H,20,21,22). The van der Waals surface area contributed by atoms with Gasteiger partial charge in [-0.05, 0) is 43.3 Å². The lowest BCUT2D eigenvalue weighted by Gasteiger charge is -2.29. The molecule has 0 saturated heterocycles. The molecule has 2 aromatic heterocycles. The minimum Gasteiger partial charge on any atom is -0.482 e. The van der Waals surface area contributed by atoms with Gasteiger partial charge in [0.25, 0.3) is 5.91 Å². The Morgan fingerprint density at radius 1 is 1.27 bits per heavy atom. The van der Waals surface area contributed by atoms with Crippen LogP contribution in [-0.2, 0) is 4.79 Å². The minimum absolute atomic E-state index is 0.00218. The summed E-state index contributed by atoms with van der Waals surface area (Å²) >= 11 is 1.64. The Morgan fingerprint density at radius 3 is 3.00 bits per heavy atom. The topological polar surface area (TPSA) is 67.4 Å². The zero-order valence-corrected chi connectivity index (χ0v) is 15.6. The van der Waals surface area contributed by atoms with Gasteiger partial charge in [0.05, 0.1) is 11.1 Å². The first kappa shape index (κ1) is 16.8. The highest BCUT2D eigenvalue weighted by Crippen LogP contribution is 2.32. The van der Waals surface area contributed by atoms with Crippen molar-refractivity contribution in [1.82, 2.24) is 9.97 Å². The number of carbonyl (C=O) groups is 1. The molecule has 0 saturated carbocycles. The molecule has 0 atom stereocenters. The molecule has 0 fully saturated rings. The third-order valence-electron chi connectivity index (χ3n) is 4.39. The maximum atomic E-state index is 12.2. The lowest BCUT2D eigenvalue weighted by molar-refractivity contribution is -0.121. The molecule has 1 aliphatic rings. The highest BCUT2D eigenvalue weighted by atomic mass is 32.1. The third-order valence-corrected chi connectivity index (χ3v) is 5.38. The molecule has 26 heavy (non-hydrogen) atoms. The molecule has 7 heteroatoms. The van der Waals surface area contributed by atoms with E-state index in [0.29, 0.717) is 6.54 Å². The summed E-state index contributed by atoms with van der Waals surface area (Å²) in [7, 11) is 0. The molecule has 6 nitrogen and oxygen atoms in total. The number of benzene rings is 1. The van der Waals surface area contributed by atoms with Crippen LogP contribution in [0, 0.1) is 13.8 Å². The largest absolute Gasteiger partial charge is 0.482 e. The van der Waals surface area contributed by atoms with Crippen molar-refractivity contribution >= 4 is 39.0 Å². The average molecular weight is 368 g/mol. The first-order chi connectivity index (χ1) is 12.6. The molecule has 1 aliphatic heterocycles. The summed E-state index contributed by atoms with van der Waals surface area (Å²) in [6, 6.07) is 7.66. The second kappa shape index (κ2) is 6.92. The Bertz CT molecular complexity index is 969. The summed E-state index contributed by atoms with van der Waals surface area (Å²) in [6.45, 7) is 5.45. The third kappa shape index (κ3) is 3.10. The SMILES string of the molecule is Cc1nc(NCCCN2C(=O)COc3ccccc32)c2c(C)csc2n1. The van der Waals surface area contributed by atoms with Gasteiger partial charge in [-0.15, -0.1) is 11.3 Å². The zero-order chi connectivity index (χ0) is 18.1. The van der Waals surface area contributed by atoms with Crippen molar-refractivity contribution in [3.8, 4) is 5.75 Å². The second-order valence-corrected chi connectivity index (χ2v) is 7.16. The van der Waals surface area contributed by atoms with E-state index in [0.717, 1.165) is 46.3 Å². The molecule has 1 amide bonds. The summed E-state index contributed by atoms with van der Waals surface area (Å²) in [5, 5.41) is 6.62. The lowest BCUT2D eigenvalue weighted by atomic mass is 10.2. The van der Waals surface area contributed by atoms with Crippen LogP contribution < -0.4 is 15.0 Å². The Morgan fingerprint density at radius 2 is 2.12 bits per heavy atom. The van der Waals surface area contributed by atoms with Crippen LogP contribution in [0.3, 0.4) is 0 Å². The predicted octanol–water partition coefficient (Wildman–Crippen LogP) is 3.54. The van der Waals surface area contributed by atoms with Gasteiger partial charge in [0.1, 0.15) is 22.2 Å². The fraction of sp³-hybridized carbons (Fsp3) is 0.316. The number of ether oxygens (including phenoxy) is 1. The Kier molecular flexibility index (Phi) is 4.46. The summed E-state index contributed by atoms with van der Waals surface area (Å²) in [6.07, 6.45) is 0.813. The van der Waals surface area contributed by atoms with Gasteiger partial charge in [0, 0.05) is 13.1 Å². The molecule has 0 aliphatic carbocycles. The fourth-order valence-corrected chi connectivity index (χ4v) is 4.13. The number of fused-ring (bicyclic) bond motifs is 2. The maximum Gasteiger partial charge on any atom is 0.265 e. The van der Waals surface area contributed by atoms with Crippen molar-refractivity contribution in [3.63, 3.8) is 0 Å². The van der Waals surface area contributed by atoms with Gasteiger partial charge in [-0.3, -0.25) is 4.79 Å². The molecule has 134 valence electrons. The van der Waals surface area contributed by atoms with Crippen LogP contribution in [0.2, 0.25) is 0 Å². The van der Waals surface area contributed by atoms with Gasteiger partial charge in [-0.1, -0.05) is 12.1 Å². The number of thiophene rings is 1. The number of para-hydroxylation sites is 2. The quantitative estimate of drug-likeness (QED) is 0.698. The van der Waals surface area contributed by atoms with Gasteiger partial charge in [0.2, 0.25) is 0 Å². The summed E-state index contributed by atoms with van der Waals surface area (Å²) < 4.78 is 5.48. The number of nitrogens with one attached hydrogen (secondary N) is 1.